The van der Waals surface area contributed by atoms with Crippen molar-refractivity contribution in [1.82, 2.24) is 10.2 Å². The summed E-state index contributed by atoms with van der Waals surface area (Å²) in [6, 6.07) is 21.5. The molecule has 0 saturated carbocycles. The van der Waals surface area contributed by atoms with E-state index in [1.165, 1.54) is 11.1 Å². The second-order valence-electron chi connectivity index (χ2n) is 7.66. The highest BCUT2D eigenvalue weighted by Gasteiger charge is 2.40. The van der Waals surface area contributed by atoms with Crippen LogP contribution in [0.15, 0.2) is 60.7 Å². The van der Waals surface area contributed by atoms with Crippen molar-refractivity contribution in [2.45, 2.75) is 30.7 Å². The van der Waals surface area contributed by atoms with Crippen LogP contribution in [0.5, 0.6) is 0 Å². The summed E-state index contributed by atoms with van der Waals surface area (Å²) in [6.07, 6.45) is 2.60. The summed E-state index contributed by atoms with van der Waals surface area (Å²) in [6.45, 7) is 3.78. The summed E-state index contributed by atoms with van der Waals surface area (Å²) in [5.41, 5.74) is 2.47. The van der Waals surface area contributed by atoms with Crippen LogP contribution in [0.4, 0.5) is 0 Å². The molecule has 2 aromatic rings. The molecule has 2 aliphatic rings. The Morgan fingerprint density at radius 2 is 1.74 bits per heavy atom. The average molecular weight is 364 g/mol. The van der Waals surface area contributed by atoms with Gasteiger partial charge in [-0.3, -0.25) is 4.79 Å². The lowest BCUT2D eigenvalue weighted by Crippen LogP contribution is -2.51. The first-order valence-corrected chi connectivity index (χ1v) is 9.98. The molecule has 1 N–H and O–H groups in total. The largest absolute Gasteiger partial charge is 0.378 e. The zero-order valence-corrected chi connectivity index (χ0v) is 15.8. The van der Waals surface area contributed by atoms with Crippen LogP contribution in [0.2, 0.25) is 0 Å². The third kappa shape index (κ3) is 3.92. The molecule has 1 atom stereocenters. The van der Waals surface area contributed by atoms with Gasteiger partial charge in [0, 0.05) is 37.5 Å². The van der Waals surface area contributed by atoms with Crippen LogP contribution in [0.3, 0.4) is 0 Å². The summed E-state index contributed by atoms with van der Waals surface area (Å²) in [4.78, 5) is 15.1. The molecule has 2 aliphatic heterocycles. The molecule has 4 nitrogen and oxygen atoms in total. The number of carbonyl (C=O) groups is 1. The molecule has 0 spiro atoms. The van der Waals surface area contributed by atoms with Crippen molar-refractivity contribution in [3.05, 3.63) is 71.8 Å². The molecular formula is C23H28N2O2. The fourth-order valence-corrected chi connectivity index (χ4v) is 4.51. The molecule has 0 aliphatic carbocycles. The van der Waals surface area contributed by atoms with E-state index in [4.69, 9.17) is 4.74 Å². The van der Waals surface area contributed by atoms with E-state index >= 15 is 0 Å². The van der Waals surface area contributed by atoms with Gasteiger partial charge < -0.3 is 15.0 Å². The van der Waals surface area contributed by atoms with Crippen LogP contribution in [-0.2, 0) is 14.9 Å². The molecule has 142 valence electrons. The smallest absolute Gasteiger partial charge is 0.224 e. The number of hydrogen-bond donors (Lipinski definition) is 1. The lowest BCUT2D eigenvalue weighted by molar-refractivity contribution is -0.134. The highest BCUT2D eigenvalue weighted by molar-refractivity contribution is 5.77. The third-order valence-corrected chi connectivity index (χ3v) is 5.92. The summed E-state index contributed by atoms with van der Waals surface area (Å²) in [5, 5.41) is 3.40. The molecule has 4 rings (SSSR count). The molecule has 0 radical (unpaired) electrons. The topological polar surface area (TPSA) is 41.6 Å². The second kappa shape index (κ2) is 8.24. The maximum Gasteiger partial charge on any atom is 0.224 e. The van der Waals surface area contributed by atoms with E-state index in [1.54, 1.807) is 0 Å². The van der Waals surface area contributed by atoms with E-state index in [0.717, 1.165) is 39.1 Å². The number of piperidine rings is 1. The molecule has 2 aromatic carbocycles. The molecule has 2 fully saturated rings. The van der Waals surface area contributed by atoms with Crippen LogP contribution in [-0.4, -0.2) is 49.7 Å². The Labute approximate surface area is 161 Å². The van der Waals surface area contributed by atoms with E-state index in [1.807, 2.05) is 0 Å². The predicted molar refractivity (Wildman–Crippen MR) is 107 cm³/mol. The Balaban J connectivity index is 1.59. The zero-order chi connectivity index (χ0) is 18.5. The van der Waals surface area contributed by atoms with Crippen LogP contribution in [0, 0.1) is 0 Å². The number of nitrogens with one attached hydrogen (secondary N) is 1. The van der Waals surface area contributed by atoms with Crippen LogP contribution >= 0.6 is 0 Å². The zero-order valence-electron chi connectivity index (χ0n) is 15.8. The predicted octanol–water partition coefficient (Wildman–Crippen LogP) is 2.97. The molecule has 1 amide bonds. The molecule has 27 heavy (non-hydrogen) atoms. The average Bonchev–Trinajstić information content (AvgIpc) is 2.76. The number of ether oxygens (including phenoxy) is 1. The Bertz CT molecular complexity index is 702. The maximum absolute atomic E-state index is 13.0. The summed E-state index contributed by atoms with van der Waals surface area (Å²) < 4.78 is 5.52. The Morgan fingerprint density at radius 3 is 2.33 bits per heavy atom. The Hall–Kier alpha value is -2.17. The van der Waals surface area contributed by atoms with Gasteiger partial charge in [0.2, 0.25) is 5.91 Å². The monoisotopic (exact) mass is 364 g/mol. The first-order chi connectivity index (χ1) is 13.3. The van der Waals surface area contributed by atoms with Crippen LogP contribution < -0.4 is 5.32 Å². The number of morpholine rings is 1. The van der Waals surface area contributed by atoms with Gasteiger partial charge in [-0.2, -0.15) is 0 Å². The van der Waals surface area contributed by atoms with Gasteiger partial charge in [0.05, 0.1) is 13.2 Å². The molecular weight excluding hydrogens is 336 g/mol. The fraction of sp³-hybridized carbons (Fsp3) is 0.435. The number of hydrogen-bond acceptors (Lipinski definition) is 3. The van der Waals surface area contributed by atoms with E-state index in [-0.39, 0.29) is 17.4 Å². The third-order valence-electron chi connectivity index (χ3n) is 5.92. The first-order valence-electron chi connectivity index (χ1n) is 9.98. The normalized spacial score (nSPS) is 22.4. The Kier molecular flexibility index (Phi) is 5.55. The van der Waals surface area contributed by atoms with Gasteiger partial charge in [-0.25, -0.2) is 0 Å². The van der Waals surface area contributed by atoms with E-state index in [2.05, 4.69) is 70.9 Å². The van der Waals surface area contributed by atoms with E-state index in [9.17, 15) is 4.79 Å². The Morgan fingerprint density at radius 1 is 1.07 bits per heavy atom. The summed E-state index contributed by atoms with van der Waals surface area (Å²) in [7, 11) is 0. The van der Waals surface area contributed by atoms with Crippen molar-refractivity contribution in [3.63, 3.8) is 0 Å². The number of nitrogens with zero attached hydrogens (tertiary/aromatic N) is 1. The van der Waals surface area contributed by atoms with Crippen molar-refractivity contribution in [2.24, 2.45) is 0 Å². The lowest BCUT2D eigenvalue weighted by Gasteiger charge is -2.44. The van der Waals surface area contributed by atoms with Crippen LogP contribution in [0.1, 0.15) is 30.4 Å². The minimum Gasteiger partial charge on any atom is -0.378 e. The molecule has 2 saturated heterocycles. The number of benzene rings is 2. The second-order valence-corrected chi connectivity index (χ2v) is 7.66. The number of likely N-dealkylation sites (tertiary alicyclic amines) is 1. The van der Waals surface area contributed by atoms with Crippen molar-refractivity contribution < 1.29 is 9.53 Å². The van der Waals surface area contributed by atoms with Gasteiger partial charge in [0.15, 0.2) is 0 Å². The molecule has 1 unspecified atom stereocenters. The van der Waals surface area contributed by atoms with Gasteiger partial charge in [-0.05, 0) is 24.0 Å². The van der Waals surface area contributed by atoms with Crippen molar-refractivity contribution in [3.8, 4) is 0 Å². The first kappa shape index (κ1) is 18.2. The SMILES string of the molecule is O=C(CC1COCCN1)N1CCCC(c2ccccc2)(c2ccccc2)C1. The fourth-order valence-electron chi connectivity index (χ4n) is 4.51. The van der Waals surface area contributed by atoms with Gasteiger partial charge in [0.25, 0.3) is 0 Å². The highest BCUT2D eigenvalue weighted by atomic mass is 16.5. The number of carbonyl (C=O) groups excluding carboxylic acids is 1. The summed E-state index contributed by atoms with van der Waals surface area (Å²) >= 11 is 0. The minimum absolute atomic E-state index is 0.132. The van der Waals surface area contributed by atoms with Gasteiger partial charge in [-0.15, -0.1) is 0 Å². The van der Waals surface area contributed by atoms with Gasteiger partial charge in [-0.1, -0.05) is 60.7 Å². The quantitative estimate of drug-likeness (QED) is 0.907. The molecule has 0 bridgehead atoms. The molecule has 0 aromatic heterocycles. The maximum atomic E-state index is 13.0. The lowest BCUT2D eigenvalue weighted by atomic mass is 9.69. The van der Waals surface area contributed by atoms with Crippen molar-refractivity contribution >= 4 is 5.91 Å². The van der Waals surface area contributed by atoms with E-state index < -0.39 is 0 Å². The van der Waals surface area contributed by atoms with Gasteiger partial charge >= 0.3 is 0 Å². The van der Waals surface area contributed by atoms with Gasteiger partial charge in [0.1, 0.15) is 0 Å². The van der Waals surface area contributed by atoms with Crippen molar-refractivity contribution in [2.75, 3.05) is 32.8 Å². The standard InChI is InChI=1S/C23H28N2O2/c26-22(16-21-17-27-15-13-24-21)25-14-7-12-23(18-25,19-8-3-1-4-9-19)20-10-5-2-6-11-20/h1-6,8-11,21,24H,7,12-18H2. The molecule has 4 heteroatoms. The molecule has 2 heterocycles. The van der Waals surface area contributed by atoms with Crippen molar-refractivity contribution in [1.29, 1.82) is 0 Å². The van der Waals surface area contributed by atoms with E-state index in [0.29, 0.717) is 13.0 Å². The number of rotatable bonds is 4. The minimum atomic E-state index is -0.132. The highest BCUT2D eigenvalue weighted by Crippen LogP contribution is 2.40. The summed E-state index contributed by atoms with van der Waals surface area (Å²) in [5.74, 6) is 0.230. The number of amides is 1. The van der Waals surface area contributed by atoms with Crippen LogP contribution in [0.25, 0.3) is 0 Å².